The van der Waals surface area contributed by atoms with Gasteiger partial charge in [0.1, 0.15) is 5.75 Å². The highest BCUT2D eigenvalue weighted by Crippen LogP contribution is 2.27. The molecule has 0 aliphatic rings. The van der Waals surface area contributed by atoms with Crippen molar-refractivity contribution in [1.29, 1.82) is 0 Å². The third-order valence-electron chi connectivity index (χ3n) is 2.74. The normalized spacial score (nSPS) is 10.3. The Kier molecular flexibility index (Phi) is 5.38. The Balaban J connectivity index is 2.99. The Morgan fingerprint density at radius 1 is 1.42 bits per heavy atom. The van der Waals surface area contributed by atoms with Crippen LogP contribution in [-0.2, 0) is 4.79 Å². The summed E-state index contributed by atoms with van der Waals surface area (Å²) < 4.78 is 5.11. The van der Waals surface area contributed by atoms with Gasteiger partial charge in [-0.1, -0.05) is 6.58 Å². The van der Waals surface area contributed by atoms with E-state index >= 15 is 0 Å². The number of carbonyl (C=O) groups is 1. The molecule has 0 unspecified atom stereocenters. The molecule has 0 heterocycles. The van der Waals surface area contributed by atoms with E-state index in [1.54, 1.807) is 24.1 Å². The molecule has 0 bridgehead atoms. The number of hydrogen-bond donors (Lipinski definition) is 1. The number of nitrogen functional groups attached to an aromatic ring is 1. The number of likely N-dealkylation sites (N-methyl/N-ethyl adjacent to an activating group) is 1. The largest absolute Gasteiger partial charge is 0.495 e. The Morgan fingerprint density at radius 3 is 2.58 bits per heavy atom. The van der Waals surface area contributed by atoms with Crippen LogP contribution in [0.4, 0.5) is 11.4 Å². The van der Waals surface area contributed by atoms with Gasteiger partial charge in [-0.15, -0.1) is 0 Å². The lowest BCUT2D eigenvalue weighted by atomic mass is 10.2. The second kappa shape index (κ2) is 6.80. The Hall–Kier alpha value is -2.01. The number of carbonyl (C=O) groups excluding carboxylic acids is 1. The summed E-state index contributed by atoms with van der Waals surface area (Å²) in [5.41, 5.74) is 7.12. The van der Waals surface area contributed by atoms with Crippen LogP contribution in [0.3, 0.4) is 0 Å². The second-order valence-electron chi connectivity index (χ2n) is 4.42. The monoisotopic (exact) mass is 263 g/mol. The number of nitrogens with zero attached hydrogens (tertiary/aromatic N) is 2. The fraction of sp³-hybridized carbons (Fsp3) is 0.357. The maximum atomic E-state index is 11.9. The molecule has 0 saturated carbocycles. The smallest absolute Gasteiger partial charge is 0.250 e. The molecule has 5 nitrogen and oxygen atoms in total. The molecule has 0 radical (unpaired) electrons. The molecular formula is C14H21N3O2. The van der Waals surface area contributed by atoms with E-state index in [2.05, 4.69) is 6.58 Å². The minimum atomic E-state index is -0.147. The maximum absolute atomic E-state index is 11.9. The zero-order valence-corrected chi connectivity index (χ0v) is 11.7. The molecule has 0 aliphatic carbocycles. The van der Waals surface area contributed by atoms with Crippen molar-refractivity contribution in [2.75, 3.05) is 44.9 Å². The average molecular weight is 263 g/mol. The molecule has 1 aromatic rings. The first kappa shape index (κ1) is 15.0. The summed E-state index contributed by atoms with van der Waals surface area (Å²) in [6.07, 6.45) is 1.30. The molecule has 1 amide bonds. The number of hydrogen-bond acceptors (Lipinski definition) is 4. The van der Waals surface area contributed by atoms with Gasteiger partial charge >= 0.3 is 0 Å². The van der Waals surface area contributed by atoms with Crippen molar-refractivity contribution in [3.05, 3.63) is 30.9 Å². The summed E-state index contributed by atoms with van der Waals surface area (Å²) in [4.78, 5) is 15.6. The summed E-state index contributed by atoms with van der Waals surface area (Å²) in [7, 11) is 5.47. The first-order valence-corrected chi connectivity index (χ1v) is 6.01. The maximum Gasteiger partial charge on any atom is 0.250 e. The van der Waals surface area contributed by atoms with Gasteiger partial charge in [0.15, 0.2) is 0 Å². The van der Waals surface area contributed by atoms with Gasteiger partial charge in [-0.3, -0.25) is 4.79 Å². The number of nitrogens with two attached hydrogens (primary N) is 1. The van der Waals surface area contributed by atoms with Crippen molar-refractivity contribution >= 4 is 17.3 Å². The topological polar surface area (TPSA) is 58.8 Å². The first-order chi connectivity index (χ1) is 8.99. The number of benzene rings is 1. The van der Waals surface area contributed by atoms with Gasteiger partial charge < -0.3 is 20.3 Å². The zero-order valence-electron chi connectivity index (χ0n) is 11.7. The van der Waals surface area contributed by atoms with Gasteiger partial charge in [0.25, 0.3) is 0 Å². The third kappa shape index (κ3) is 3.99. The van der Waals surface area contributed by atoms with Crippen LogP contribution < -0.4 is 15.4 Å². The van der Waals surface area contributed by atoms with Gasteiger partial charge in [0.2, 0.25) is 5.91 Å². The third-order valence-corrected chi connectivity index (χ3v) is 2.74. The van der Waals surface area contributed by atoms with E-state index in [9.17, 15) is 4.79 Å². The first-order valence-electron chi connectivity index (χ1n) is 6.01. The number of rotatable bonds is 6. The number of ether oxygens (including phenoxy) is 1. The molecule has 0 aliphatic heterocycles. The summed E-state index contributed by atoms with van der Waals surface area (Å²) >= 11 is 0. The molecular weight excluding hydrogens is 242 g/mol. The molecule has 0 atom stereocenters. The fourth-order valence-electron chi connectivity index (χ4n) is 1.67. The van der Waals surface area contributed by atoms with Crippen LogP contribution in [0.1, 0.15) is 0 Å². The highest BCUT2D eigenvalue weighted by molar-refractivity contribution is 6.01. The molecule has 0 aromatic heterocycles. The number of methoxy groups -OCH3 is 1. The molecule has 104 valence electrons. The highest BCUT2D eigenvalue weighted by atomic mass is 16.5. The summed E-state index contributed by atoms with van der Waals surface area (Å²) in [5.74, 6) is 0.453. The molecule has 1 rings (SSSR count). The highest BCUT2D eigenvalue weighted by Gasteiger charge is 2.14. The molecule has 5 heteroatoms. The zero-order chi connectivity index (χ0) is 14.4. The molecule has 1 aromatic carbocycles. The second-order valence-corrected chi connectivity index (χ2v) is 4.42. The molecule has 0 fully saturated rings. The van der Waals surface area contributed by atoms with E-state index < -0.39 is 0 Å². The predicted octanol–water partition coefficient (Wildman–Crippen LogP) is 1.36. The van der Waals surface area contributed by atoms with Crippen molar-refractivity contribution in [3.63, 3.8) is 0 Å². The molecule has 2 N–H and O–H groups in total. The predicted molar refractivity (Wildman–Crippen MR) is 78.5 cm³/mol. The lowest BCUT2D eigenvalue weighted by molar-refractivity contribution is -0.114. The van der Waals surface area contributed by atoms with Crippen LogP contribution in [0.5, 0.6) is 5.75 Å². The minimum Gasteiger partial charge on any atom is -0.495 e. The summed E-state index contributed by atoms with van der Waals surface area (Å²) in [6, 6.07) is 5.30. The van der Waals surface area contributed by atoms with E-state index in [-0.39, 0.29) is 5.91 Å². The van der Waals surface area contributed by atoms with Gasteiger partial charge in [-0.25, -0.2) is 0 Å². The lowest BCUT2D eigenvalue weighted by Gasteiger charge is -2.24. The van der Waals surface area contributed by atoms with Gasteiger partial charge in [-0.2, -0.15) is 0 Å². The Morgan fingerprint density at radius 2 is 2.11 bits per heavy atom. The average Bonchev–Trinajstić information content (AvgIpc) is 2.38. The van der Waals surface area contributed by atoms with Crippen LogP contribution >= 0.6 is 0 Å². The lowest BCUT2D eigenvalue weighted by Crippen LogP contribution is -2.35. The van der Waals surface area contributed by atoms with E-state index in [0.29, 0.717) is 18.0 Å². The van der Waals surface area contributed by atoms with Crippen LogP contribution in [0.15, 0.2) is 30.9 Å². The Labute approximate surface area is 114 Å². The van der Waals surface area contributed by atoms with E-state index in [0.717, 1.165) is 12.2 Å². The van der Waals surface area contributed by atoms with Crippen molar-refractivity contribution in [2.24, 2.45) is 0 Å². The van der Waals surface area contributed by atoms with Crippen molar-refractivity contribution < 1.29 is 9.53 Å². The van der Waals surface area contributed by atoms with Crippen LogP contribution in [0.2, 0.25) is 0 Å². The summed E-state index contributed by atoms with van der Waals surface area (Å²) in [5, 5.41) is 0. The van der Waals surface area contributed by atoms with Crippen LogP contribution in [0, 0.1) is 0 Å². The van der Waals surface area contributed by atoms with Crippen molar-refractivity contribution in [2.45, 2.75) is 0 Å². The van der Waals surface area contributed by atoms with E-state index in [4.69, 9.17) is 10.5 Å². The van der Waals surface area contributed by atoms with Gasteiger partial charge in [0, 0.05) is 18.8 Å². The molecule has 0 spiro atoms. The van der Waals surface area contributed by atoms with E-state index in [1.165, 1.54) is 6.08 Å². The Bertz CT molecular complexity index is 458. The van der Waals surface area contributed by atoms with Crippen LogP contribution in [-0.4, -0.2) is 45.1 Å². The summed E-state index contributed by atoms with van der Waals surface area (Å²) in [6.45, 7) is 4.86. The van der Waals surface area contributed by atoms with Gasteiger partial charge in [-0.05, 0) is 38.4 Å². The van der Waals surface area contributed by atoms with Crippen molar-refractivity contribution in [1.82, 2.24) is 4.90 Å². The standard InChI is InChI=1S/C14H21N3O2/c1-5-14(18)17(9-8-16(2)3)11-6-7-13(19-4)12(15)10-11/h5-7,10H,1,8-9,15H2,2-4H3. The minimum absolute atomic E-state index is 0.147. The number of anilines is 2. The van der Waals surface area contributed by atoms with Crippen molar-refractivity contribution in [3.8, 4) is 5.75 Å². The molecule has 19 heavy (non-hydrogen) atoms. The molecule has 0 saturated heterocycles. The van der Waals surface area contributed by atoms with Crippen LogP contribution in [0.25, 0.3) is 0 Å². The fourth-order valence-corrected chi connectivity index (χ4v) is 1.67. The SMILES string of the molecule is C=CC(=O)N(CCN(C)C)c1ccc(OC)c(N)c1. The van der Waals surface area contributed by atoms with Gasteiger partial charge in [0.05, 0.1) is 12.8 Å². The van der Waals surface area contributed by atoms with E-state index in [1.807, 2.05) is 25.1 Å². The quantitative estimate of drug-likeness (QED) is 0.622. The number of amides is 1.